The van der Waals surface area contributed by atoms with Gasteiger partial charge >= 0.3 is 6.61 Å². The highest BCUT2D eigenvalue weighted by Gasteiger charge is 2.12. The van der Waals surface area contributed by atoms with E-state index in [4.69, 9.17) is 12.2 Å². The van der Waals surface area contributed by atoms with Crippen LogP contribution in [0.2, 0.25) is 0 Å². The fourth-order valence-electron chi connectivity index (χ4n) is 2.55. The van der Waals surface area contributed by atoms with E-state index in [0.717, 1.165) is 11.1 Å². The minimum absolute atomic E-state index is 0.0126. The molecule has 0 atom stereocenters. The maximum Gasteiger partial charge on any atom is 0.387 e. The largest absolute Gasteiger partial charge is 0.433 e. The summed E-state index contributed by atoms with van der Waals surface area (Å²) in [4.78, 5) is 0. The van der Waals surface area contributed by atoms with Crippen molar-refractivity contribution in [3.8, 4) is 5.75 Å². The van der Waals surface area contributed by atoms with Crippen LogP contribution in [0.1, 0.15) is 11.1 Å². The van der Waals surface area contributed by atoms with Gasteiger partial charge in [-0.3, -0.25) is 4.68 Å². The van der Waals surface area contributed by atoms with Gasteiger partial charge in [-0.05, 0) is 54.5 Å². The number of anilines is 2. The Balaban J connectivity index is 1.64. The summed E-state index contributed by atoms with van der Waals surface area (Å²) >= 11 is 5.23. The van der Waals surface area contributed by atoms with Crippen LogP contribution in [0.3, 0.4) is 0 Å². The Bertz CT molecular complexity index is 977. The molecule has 0 aliphatic carbocycles. The van der Waals surface area contributed by atoms with Crippen molar-refractivity contribution < 1.29 is 17.9 Å². The number of halogens is 3. The van der Waals surface area contributed by atoms with E-state index in [1.54, 1.807) is 41.2 Å². The SMILES string of the molecule is Cc1ccc(OC(F)F)c(NC(=S)Nc2ccn(Cc3cccc(F)c3)n2)c1. The lowest BCUT2D eigenvalue weighted by Crippen LogP contribution is -2.20. The average Bonchev–Trinajstić information content (AvgIpc) is 3.03. The number of ether oxygens (including phenoxy) is 1. The predicted octanol–water partition coefficient (Wildman–Crippen LogP) is 4.79. The van der Waals surface area contributed by atoms with Crippen LogP contribution in [0.25, 0.3) is 0 Å². The normalized spacial score (nSPS) is 10.8. The smallest absolute Gasteiger partial charge is 0.387 e. The number of thiocarbonyl (C=S) groups is 1. The fraction of sp³-hybridized carbons (Fsp3) is 0.158. The van der Waals surface area contributed by atoms with Crippen LogP contribution in [-0.4, -0.2) is 21.5 Å². The van der Waals surface area contributed by atoms with Crippen LogP contribution in [0, 0.1) is 12.7 Å². The Kier molecular flexibility index (Phi) is 6.15. The molecule has 0 saturated heterocycles. The van der Waals surface area contributed by atoms with Gasteiger partial charge in [0, 0.05) is 12.3 Å². The zero-order valence-electron chi connectivity index (χ0n) is 14.8. The van der Waals surface area contributed by atoms with E-state index in [1.807, 2.05) is 6.92 Å². The Hall–Kier alpha value is -3.07. The van der Waals surface area contributed by atoms with Gasteiger partial charge < -0.3 is 15.4 Å². The van der Waals surface area contributed by atoms with E-state index in [9.17, 15) is 13.2 Å². The summed E-state index contributed by atoms with van der Waals surface area (Å²) in [5.74, 6) is 0.132. The Morgan fingerprint density at radius 1 is 1.18 bits per heavy atom. The van der Waals surface area contributed by atoms with E-state index >= 15 is 0 Å². The van der Waals surface area contributed by atoms with Crippen LogP contribution in [-0.2, 0) is 6.54 Å². The molecule has 0 aliphatic rings. The summed E-state index contributed by atoms with van der Waals surface area (Å²) in [6.45, 7) is -0.727. The molecule has 0 fully saturated rings. The first-order chi connectivity index (χ1) is 13.4. The number of aromatic nitrogens is 2. The molecule has 3 aromatic rings. The predicted molar refractivity (Wildman–Crippen MR) is 105 cm³/mol. The van der Waals surface area contributed by atoms with Gasteiger partial charge in [-0.25, -0.2) is 4.39 Å². The van der Waals surface area contributed by atoms with Gasteiger partial charge in [-0.1, -0.05) is 18.2 Å². The van der Waals surface area contributed by atoms with E-state index in [2.05, 4.69) is 20.5 Å². The zero-order chi connectivity index (χ0) is 20.1. The molecule has 0 amide bonds. The highest BCUT2D eigenvalue weighted by Crippen LogP contribution is 2.27. The minimum atomic E-state index is -2.94. The van der Waals surface area contributed by atoms with Gasteiger partial charge in [0.2, 0.25) is 0 Å². The van der Waals surface area contributed by atoms with Crippen LogP contribution in [0.15, 0.2) is 54.7 Å². The van der Waals surface area contributed by atoms with Crippen molar-refractivity contribution in [2.24, 2.45) is 0 Å². The van der Waals surface area contributed by atoms with Gasteiger partial charge in [0.15, 0.2) is 10.9 Å². The topological polar surface area (TPSA) is 51.1 Å². The molecule has 28 heavy (non-hydrogen) atoms. The first kappa shape index (κ1) is 19.7. The summed E-state index contributed by atoms with van der Waals surface area (Å²) < 4.78 is 44.5. The number of nitrogens with zero attached hydrogens (tertiary/aromatic N) is 2. The third kappa shape index (κ3) is 5.46. The standard InChI is InChI=1S/C19H17F3N4OS/c1-12-5-6-16(27-18(21)22)15(9-12)23-19(28)24-17-7-8-26(25-17)11-13-3-2-4-14(20)10-13/h2-10,18H,11H2,1H3,(H2,23,24,25,28). The highest BCUT2D eigenvalue weighted by atomic mass is 32.1. The third-order valence-electron chi connectivity index (χ3n) is 3.72. The molecule has 2 N–H and O–H groups in total. The van der Waals surface area contributed by atoms with E-state index < -0.39 is 6.61 Å². The van der Waals surface area contributed by atoms with Crippen LogP contribution < -0.4 is 15.4 Å². The first-order valence-electron chi connectivity index (χ1n) is 8.30. The Morgan fingerprint density at radius 2 is 2.00 bits per heavy atom. The van der Waals surface area contributed by atoms with Crippen LogP contribution in [0.5, 0.6) is 5.75 Å². The van der Waals surface area contributed by atoms with E-state index in [0.29, 0.717) is 18.1 Å². The van der Waals surface area contributed by atoms with Gasteiger partial charge in [0.05, 0.1) is 12.2 Å². The summed E-state index contributed by atoms with van der Waals surface area (Å²) in [7, 11) is 0. The zero-order valence-corrected chi connectivity index (χ0v) is 15.6. The van der Waals surface area contributed by atoms with Crippen molar-refractivity contribution in [2.45, 2.75) is 20.1 Å². The monoisotopic (exact) mass is 406 g/mol. The molecule has 146 valence electrons. The Morgan fingerprint density at radius 3 is 2.75 bits per heavy atom. The number of benzene rings is 2. The van der Waals surface area contributed by atoms with Crippen molar-refractivity contribution in [3.05, 3.63) is 71.7 Å². The minimum Gasteiger partial charge on any atom is -0.433 e. The number of rotatable bonds is 6. The number of aryl methyl sites for hydroxylation is 1. The average molecular weight is 406 g/mol. The quantitative estimate of drug-likeness (QED) is 0.577. The number of alkyl halides is 2. The second kappa shape index (κ2) is 8.75. The van der Waals surface area contributed by atoms with Gasteiger partial charge in [0.1, 0.15) is 11.6 Å². The van der Waals surface area contributed by atoms with E-state index in [1.165, 1.54) is 18.2 Å². The lowest BCUT2D eigenvalue weighted by atomic mass is 10.2. The molecule has 0 saturated carbocycles. The summed E-state index contributed by atoms with van der Waals surface area (Å²) in [6, 6.07) is 12.7. The highest BCUT2D eigenvalue weighted by molar-refractivity contribution is 7.80. The van der Waals surface area contributed by atoms with Crippen LogP contribution >= 0.6 is 12.2 Å². The molecular weight excluding hydrogens is 389 g/mol. The first-order valence-corrected chi connectivity index (χ1v) is 8.71. The second-order valence-electron chi connectivity index (χ2n) is 5.99. The second-order valence-corrected chi connectivity index (χ2v) is 6.39. The van der Waals surface area contributed by atoms with Crippen molar-refractivity contribution in [2.75, 3.05) is 10.6 Å². The Labute approximate surface area is 165 Å². The third-order valence-corrected chi connectivity index (χ3v) is 3.92. The molecule has 5 nitrogen and oxygen atoms in total. The lowest BCUT2D eigenvalue weighted by Gasteiger charge is -2.14. The van der Waals surface area contributed by atoms with Crippen LogP contribution in [0.4, 0.5) is 24.7 Å². The maximum atomic E-state index is 13.3. The van der Waals surface area contributed by atoms with Gasteiger partial charge in [0.25, 0.3) is 0 Å². The summed E-state index contributed by atoms with van der Waals surface area (Å²) in [5.41, 5.74) is 1.94. The molecule has 1 aromatic heterocycles. The number of nitrogens with one attached hydrogen (secondary N) is 2. The number of hydrogen-bond acceptors (Lipinski definition) is 3. The molecule has 1 heterocycles. The molecule has 9 heteroatoms. The van der Waals surface area contributed by atoms with E-state index in [-0.39, 0.29) is 16.7 Å². The molecule has 0 unspecified atom stereocenters. The van der Waals surface area contributed by atoms with Gasteiger partial charge in [-0.2, -0.15) is 13.9 Å². The van der Waals surface area contributed by atoms with Crippen molar-refractivity contribution in [3.63, 3.8) is 0 Å². The van der Waals surface area contributed by atoms with Crippen molar-refractivity contribution in [1.29, 1.82) is 0 Å². The molecule has 3 rings (SSSR count). The van der Waals surface area contributed by atoms with Gasteiger partial charge in [-0.15, -0.1) is 0 Å². The van der Waals surface area contributed by atoms with Crippen molar-refractivity contribution in [1.82, 2.24) is 9.78 Å². The lowest BCUT2D eigenvalue weighted by molar-refractivity contribution is -0.0493. The molecule has 0 bridgehead atoms. The van der Waals surface area contributed by atoms with Crippen molar-refractivity contribution >= 4 is 28.8 Å². The molecule has 0 radical (unpaired) electrons. The molecular formula is C19H17F3N4OS. The fourth-order valence-corrected chi connectivity index (χ4v) is 2.76. The number of hydrogen-bond donors (Lipinski definition) is 2. The molecule has 2 aromatic carbocycles. The summed E-state index contributed by atoms with van der Waals surface area (Å²) in [6.07, 6.45) is 1.72. The maximum absolute atomic E-state index is 13.3. The summed E-state index contributed by atoms with van der Waals surface area (Å²) in [5, 5.41) is 10.2. The molecule has 0 spiro atoms. The molecule has 0 aliphatic heterocycles.